The molecule has 7 heteroatoms. The van der Waals surface area contributed by atoms with Crippen LogP contribution in [0.25, 0.3) is 0 Å². The second-order valence-corrected chi connectivity index (χ2v) is 6.18. The minimum Gasteiger partial charge on any atom is -0.338 e. The average Bonchev–Trinajstić information content (AvgIpc) is 3.30. The molecule has 0 unspecified atom stereocenters. The molecule has 2 fully saturated rings. The largest absolute Gasteiger partial charge is 0.338 e. The number of piperidine rings is 1. The molecule has 1 saturated carbocycles. The molecule has 0 atom stereocenters. The summed E-state index contributed by atoms with van der Waals surface area (Å²) in [5.74, 6) is 0.934. The second kappa shape index (κ2) is 8.92. The van der Waals surface area contributed by atoms with E-state index in [0.717, 1.165) is 38.4 Å². The quantitative estimate of drug-likeness (QED) is 0.890. The Kier molecular flexibility index (Phi) is 7.90. The van der Waals surface area contributed by atoms with E-state index in [1.54, 1.807) is 12.3 Å². The van der Waals surface area contributed by atoms with Gasteiger partial charge in [0.1, 0.15) is 0 Å². The Labute approximate surface area is 148 Å². The van der Waals surface area contributed by atoms with Gasteiger partial charge in [0.2, 0.25) is 0 Å². The number of hydrogen-bond acceptors (Lipinski definition) is 3. The zero-order chi connectivity index (χ0) is 13.9. The van der Waals surface area contributed by atoms with Gasteiger partial charge in [0.25, 0.3) is 5.91 Å². The molecule has 4 nitrogen and oxygen atoms in total. The molecule has 0 aromatic carbocycles. The van der Waals surface area contributed by atoms with Crippen LogP contribution in [0.4, 0.5) is 0 Å². The number of halogens is 3. The number of amides is 1. The van der Waals surface area contributed by atoms with Crippen LogP contribution in [0, 0.1) is 5.92 Å². The topological polar surface area (TPSA) is 45.2 Å². The van der Waals surface area contributed by atoms with Crippen LogP contribution >= 0.6 is 36.4 Å². The first kappa shape index (κ1) is 19.5. The minimum absolute atomic E-state index is 0. The summed E-state index contributed by atoms with van der Waals surface area (Å²) in [5, 5.41) is 4.06. The van der Waals surface area contributed by atoms with Gasteiger partial charge in [-0.3, -0.25) is 9.78 Å². The highest BCUT2D eigenvalue weighted by Gasteiger charge is 2.26. The molecule has 1 aromatic heterocycles. The van der Waals surface area contributed by atoms with Gasteiger partial charge in [0.05, 0.1) is 10.6 Å². The minimum atomic E-state index is 0. The Balaban J connectivity index is 0.00000121. The fourth-order valence-electron chi connectivity index (χ4n) is 2.66. The number of hydrogen-bond donors (Lipinski definition) is 1. The molecule has 3 rings (SSSR count). The van der Waals surface area contributed by atoms with Crippen molar-refractivity contribution in [3.63, 3.8) is 0 Å². The number of rotatable bonds is 4. The van der Waals surface area contributed by atoms with E-state index in [0.29, 0.717) is 16.6 Å². The highest BCUT2D eigenvalue weighted by atomic mass is 35.5. The van der Waals surface area contributed by atoms with Crippen LogP contribution in [0.5, 0.6) is 0 Å². The highest BCUT2D eigenvalue weighted by Crippen LogP contribution is 2.28. The van der Waals surface area contributed by atoms with Crippen LogP contribution in [-0.4, -0.2) is 41.5 Å². The molecule has 2 aliphatic rings. The third-order valence-electron chi connectivity index (χ3n) is 4.18. The molecular formula is C15H22Cl3N3O. The smallest absolute Gasteiger partial charge is 0.255 e. The van der Waals surface area contributed by atoms with Gasteiger partial charge in [0.15, 0.2) is 0 Å². The third-order valence-corrected chi connectivity index (χ3v) is 4.48. The zero-order valence-electron chi connectivity index (χ0n) is 12.3. The fraction of sp³-hybridized carbons (Fsp3) is 0.600. The summed E-state index contributed by atoms with van der Waals surface area (Å²) in [4.78, 5) is 18.2. The van der Waals surface area contributed by atoms with Gasteiger partial charge in [-0.15, -0.1) is 24.8 Å². The van der Waals surface area contributed by atoms with Crippen molar-refractivity contribution >= 4 is 42.3 Å². The predicted octanol–water partition coefficient (Wildman–Crippen LogP) is 3.18. The lowest BCUT2D eigenvalue weighted by Gasteiger charge is -2.32. The molecule has 1 aromatic rings. The zero-order valence-corrected chi connectivity index (χ0v) is 14.7. The lowest BCUT2D eigenvalue weighted by molar-refractivity contribution is 0.0705. The van der Waals surface area contributed by atoms with Crippen molar-refractivity contribution in [1.82, 2.24) is 15.2 Å². The van der Waals surface area contributed by atoms with Crippen molar-refractivity contribution in [1.29, 1.82) is 0 Å². The summed E-state index contributed by atoms with van der Waals surface area (Å²) in [7, 11) is 0. The van der Waals surface area contributed by atoms with E-state index in [-0.39, 0.29) is 30.7 Å². The van der Waals surface area contributed by atoms with Gasteiger partial charge in [-0.1, -0.05) is 11.6 Å². The average molecular weight is 367 g/mol. The number of carbonyl (C=O) groups is 1. The first-order chi connectivity index (χ1) is 9.74. The predicted molar refractivity (Wildman–Crippen MR) is 93.4 cm³/mol. The molecule has 124 valence electrons. The summed E-state index contributed by atoms with van der Waals surface area (Å²) in [6.45, 7) is 2.76. The summed E-state index contributed by atoms with van der Waals surface area (Å²) < 4.78 is 0. The number of nitrogens with one attached hydrogen (secondary N) is 1. The second-order valence-electron chi connectivity index (χ2n) is 5.77. The molecule has 0 spiro atoms. The number of likely N-dealkylation sites (tertiary alicyclic amines) is 1. The summed E-state index contributed by atoms with van der Waals surface area (Å²) in [6.07, 6.45) is 7.96. The Morgan fingerprint density at radius 3 is 2.55 bits per heavy atom. The van der Waals surface area contributed by atoms with Gasteiger partial charge in [0, 0.05) is 31.5 Å². The van der Waals surface area contributed by atoms with Gasteiger partial charge in [-0.2, -0.15) is 0 Å². The number of carbonyl (C=O) groups excluding carboxylic acids is 1. The number of nitrogens with zero attached hydrogens (tertiary/aromatic N) is 2. The first-order valence-corrected chi connectivity index (χ1v) is 7.74. The normalized spacial score (nSPS) is 18.3. The molecule has 1 amide bonds. The van der Waals surface area contributed by atoms with E-state index >= 15 is 0 Å². The number of pyridine rings is 1. The highest BCUT2D eigenvalue weighted by molar-refractivity contribution is 6.33. The van der Waals surface area contributed by atoms with Crippen molar-refractivity contribution in [2.75, 3.05) is 19.6 Å². The maximum atomic E-state index is 12.4. The Morgan fingerprint density at radius 2 is 1.95 bits per heavy atom. The Morgan fingerprint density at radius 1 is 1.27 bits per heavy atom. The van der Waals surface area contributed by atoms with Crippen LogP contribution in [0.15, 0.2) is 18.5 Å². The van der Waals surface area contributed by atoms with Crippen LogP contribution < -0.4 is 5.32 Å². The van der Waals surface area contributed by atoms with Gasteiger partial charge >= 0.3 is 0 Å². The Hall–Kier alpha value is -0.550. The molecule has 0 bridgehead atoms. The summed E-state index contributed by atoms with van der Waals surface area (Å²) >= 11 is 6.04. The molecule has 2 heterocycles. The first-order valence-electron chi connectivity index (χ1n) is 7.36. The standard InChI is InChI=1S/C15H20ClN3O.2ClH/c16-14-10-17-6-3-13(14)15(20)19-7-4-12(5-8-19)18-9-11-1-2-11;;/h3,6,10-12,18H,1-2,4-5,7-9H2;2*1H. The molecule has 1 aliphatic carbocycles. The van der Waals surface area contributed by atoms with E-state index in [1.165, 1.54) is 19.0 Å². The van der Waals surface area contributed by atoms with Crippen molar-refractivity contribution < 1.29 is 4.79 Å². The monoisotopic (exact) mass is 365 g/mol. The maximum Gasteiger partial charge on any atom is 0.255 e. The Bertz CT molecular complexity index is 489. The lowest BCUT2D eigenvalue weighted by Crippen LogP contribution is -2.45. The molecule has 0 radical (unpaired) electrons. The van der Waals surface area contributed by atoms with Gasteiger partial charge < -0.3 is 10.2 Å². The van der Waals surface area contributed by atoms with E-state index in [4.69, 9.17) is 11.6 Å². The number of aromatic nitrogens is 1. The van der Waals surface area contributed by atoms with Crippen LogP contribution in [-0.2, 0) is 0 Å². The SMILES string of the molecule is Cl.Cl.O=C(c1ccncc1Cl)N1CCC(NCC2CC2)CC1. The van der Waals surface area contributed by atoms with Gasteiger partial charge in [-0.05, 0) is 44.2 Å². The third kappa shape index (κ3) is 4.98. The summed E-state index contributed by atoms with van der Waals surface area (Å²) in [6, 6.07) is 2.26. The van der Waals surface area contributed by atoms with Crippen molar-refractivity contribution in [3.05, 3.63) is 29.0 Å². The van der Waals surface area contributed by atoms with Crippen LogP contribution in [0.3, 0.4) is 0 Å². The maximum absolute atomic E-state index is 12.4. The molecular weight excluding hydrogens is 345 g/mol. The van der Waals surface area contributed by atoms with Crippen LogP contribution in [0.2, 0.25) is 5.02 Å². The summed E-state index contributed by atoms with van der Waals surface area (Å²) in [5.41, 5.74) is 0.561. The molecule has 1 N–H and O–H groups in total. The van der Waals surface area contributed by atoms with E-state index in [2.05, 4.69) is 10.3 Å². The van der Waals surface area contributed by atoms with Gasteiger partial charge in [-0.25, -0.2) is 0 Å². The molecule has 1 aliphatic heterocycles. The van der Waals surface area contributed by atoms with E-state index in [9.17, 15) is 4.79 Å². The van der Waals surface area contributed by atoms with Crippen molar-refractivity contribution in [2.45, 2.75) is 31.7 Å². The fourth-order valence-corrected chi connectivity index (χ4v) is 2.86. The molecule has 22 heavy (non-hydrogen) atoms. The van der Waals surface area contributed by atoms with Crippen molar-refractivity contribution in [2.24, 2.45) is 5.92 Å². The lowest BCUT2D eigenvalue weighted by atomic mass is 10.0. The molecule has 1 saturated heterocycles. The van der Waals surface area contributed by atoms with Crippen molar-refractivity contribution in [3.8, 4) is 0 Å². The van der Waals surface area contributed by atoms with E-state index < -0.39 is 0 Å². The van der Waals surface area contributed by atoms with E-state index in [1.807, 2.05) is 4.90 Å². The van der Waals surface area contributed by atoms with Crippen LogP contribution in [0.1, 0.15) is 36.0 Å².